The van der Waals surface area contributed by atoms with Crippen LogP contribution in [-0.2, 0) is 21.4 Å². The highest BCUT2D eigenvalue weighted by molar-refractivity contribution is 8.00. The van der Waals surface area contributed by atoms with E-state index in [1.165, 1.54) is 11.8 Å². The lowest BCUT2D eigenvalue weighted by atomic mass is 10.2. The standard InChI is InChI=1S/C22H25N5O4S2/c1-5-14-27-20(18-8-6-7-9-19(18)31-3)24-25-22(27)32-15(2)21(28)23-16-10-12-17(13-11-16)26-33(4,29)30/h5-13,15,26H,1,14H2,2-4H3,(H,23,28). The fourth-order valence-corrected chi connectivity index (χ4v) is 4.41. The molecule has 0 aliphatic heterocycles. The molecule has 0 aliphatic carbocycles. The lowest BCUT2D eigenvalue weighted by Gasteiger charge is -2.14. The number of anilines is 2. The van der Waals surface area contributed by atoms with Crippen LogP contribution in [0.4, 0.5) is 11.4 Å². The molecule has 174 valence electrons. The van der Waals surface area contributed by atoms with Gasteiger partial charge in [-0.1, -0.05) is 30.0 Å². The molecule has 0 bridgehead atoms. The Morgan fingerprint density at radius 1 is 1.18 bits per heavy atom. The molecule has 1 heterocycles. The predicted octanol–water partition coefficient (Wildman–Crippen LogP) is 3.63. The van der Waals surface area contributed by atoms with E-state index in [9.17, 15) is 13.2 Å². The summed E-state index contributed by atoms with van der Waals surface area (Å²) < 4.78 is 32.3. The first kappa shape index (κ1) is 24.3. The Morgan fingerprint density at radius 3 is 2.48 bits per heavy atom. The van der Waals surface area contributed by atoms with Crippen molar-refractivity contribution in [3.63, 3.8) is 0 Å². The number of ether oxygens (including phenoxy) is 1. The van der Waals surface area contributed by atoms with Gasteiger partial charge in [0.15, 0.2) is 11.0 Å². The van der Waals surface area contributed by atoms with E-state index in [1.807, 2.05) is 28.8 Å². The topological polar surface area (TPSA) is 115 Å². The Hall–Kier alpha value is -3.31. The van der Waals surface area contributed by atoms with Gasteiger partial charge in [0, 0.05) is 17.9 Å². The van der Waals surface area contributed by atoms with Crippen LogP contribution in [0.5, 0.6) is 5.75 Å². The molecule has 2 aromatic carbocycles. The van der Waals surface area contributed by atoms with Crippen LogP contribution in [0.25, 0.3) is 11.4 Å². The molecule has 1 unspecified atom stereocenters. The zero-order chi connectivity index (χ0) is 24.0. The van der Waals surface area contributed by atoms with Crippen molar-refractivity contribution in [3.8, 4) is 17.1 Å². The van der Waals surface area contributed by atoms with Gasteiger partial charge in [-0.05, 0) is 43.3 Å². The maximum atomic E-state index is 12.7. The summed E-state index contributed by atoms with van der Waals surface area (Å²) in [5, 5.41) is 11.5. The third-order valence-corrected chi connectivity index (χ3v) is 6.17. The summed E-state index contributed by atoms with van der Waals surface area (Å²) in [6.07, 6.45) is 2.81. The molecule has 0 fully saturated rings. The van der Waals surface area contributed by atoms with E-state index in [-0.39, 0.29) is 5.91 Å². The molecule has 1 aromatic heterocycles. The van der Waals surface area contributed by atoms with E-state index in [1.54, 1.807) is 44.4 Å². The van der Waals surface area contributed by atoms with Gasteiger partial charge in [0.2, 0.25) is 15.9 Å². The number of hydrogen-bond acceptors (Lipinski definition) is 7. The van der Waals surface area contributed by atoms with E-state index in [2.05, 4.69) is 26.8 Å². The number of rotatable bonds is 10. The van der Waals surface area contributed by atoms with Crippen LogP contribution in [-0.4, -0.2) is 47.7 Å². The first-order chi connectivity index (χ1) is 15.7. The van der Waals surface area contributed by atoms with Crippen LogP contribution in [0.15, 0.2) is 66.3 Å². The largest absolute Gasteiger partial charge is 0.496 e. The number of hydrogen-bond donors (Lipinski definition) is 2. The number of methoxy groups -OCH3 is 1. The van der Waals surface area contributed by atoms with E-state index >= 15 is 0 Å². The van der Waals surface area contributed by atoms with Gasteiger partial charge in [0.25, 0.3) is 0 Å². The second-order valence-electron chi connectivity index (χ2n) is 7.11. The number of benzene rings is 2. The molecule has 11 heteroatoms. The number of thioether (sulfide) groups is 1. The van der Waals surface area contributed by atoms with E-state index in [0.29, 0.717) is 34.6 Å². The number of nitrogens with zero attached hydrogens (tertiary/aromatic N) is 3. The van der Waals surface area contributed by atoms with E-state index < -0.39 is 15.3 Å². The Bertz CT molecular complexity index is 1240. The van der Waals surface area contributed by atoms with Gasteiger partial charge in [-0.15, -0.1) is 16.8 Å². The Morgan fingerprint density at radius 2 is 1.85 bits per heavy atom. The average Bonchev–Trinajstić information content (AvgIpc) is 3.16. The van der Waals surface area contributed by atoms with Crippen molar-refractivity contribution in [1.29, 1.82) is 0 Å². The minimum atomic E-state index is -3.36. The first-order valence-electron chi connectivity index (χ1n) is 9.94. The molecule has 33 heavy (non-hydrogen) atoms. The highest BCUT2D eigenvalue weighted by Crippen LogP contribution is 2.32. The molecule has 0 radical (unpaired) electrons. The zero-order valence-corrected chi connectivity index (χ0v) is 20.1. The maximum absolute atomic E-state index is 12.7. The molecule has 1 atom stereocenters. The highest BCUT2D eigenvalue weighted by atomic mass is 32.2. The summed E-state index contributed by atoms with van der Waals surface area (Å²) in [5.41, 5.74) is 1.76. The number of sulfonamides is 1. The SMILES string of the molecule is C=CCn1c(SC(C)C(=O)Nc2ccc(NS(C)(=O)=O)cc2)nnc1-c1ccccc1OC. The summed E-state index contributed by atoms with van der Waals surface area (Å²) >= 11 is 1.27. The lowest BCUT2D eigenvalue weighted by Crippen LogP contribution is -2.23. The average molecular weight is 488 g/mol. The normalized spacial score (nSPS) is 12.1. The molecular formula is C22H25N5O4S2. The monoisotopic (exact) mass is 487 g/mol. The third-order valence-electron chi connectivity index (χ3n) is 4.48. The summed E-state index contributed by atoms with van der Waals surface area (Å²) in [5.74, 6) is 1.07. The Kier molecular flexibility index (Phi) is 7.77. The van der Waals surface area contributed by atoms with Gasteiger partial charge in [-0.2, -0.15) is 0 Å². The molecule has 3 rings (SSSR count). The quantitative estimate of drug-likeness (QED) is 0.331. The molecule has 1 amide bonds. The molecule has 0 spiro atoms. The van der Waals surface area contributed by atoms with Crippen LogP contribution >= 0.6 is 11.8 Å². The van der Waals surface area contributed by atoms with Crippen LogP contribution in [0.2, 0.25) is 0 Å². The van der Waals surface area contributed by atoms with Crippen molar-refractivity contribution < 1.29 is 17.9 Å². The van der Waals surface area contributed by atoms with Gasteiger partial charge in [0.1, 0.15) is 5.75 Å². The van der Waals surface area contributed by atoms with E-state index in [0.717, 1.165) is 11.8 Å². The number of para-hydroxylation sites is 1. The minimum absolute atomic E-state index is 0.226. The second kappa shape index (κ2) is 10.5. The van der Waals surface area contributed by atoms with Gasteiger partial charge in [-0.3, -0.25) is 14.1 Å². The predicted molar refractivity (Wildman–Crippen MR) is 131 cm³/mol. The van der Waals surface area contributed by atoms with Crippen LogP contribution < -0.4 is 14.8 Å². The van der Waals surface area contributed by atoms with Gasteiger partial charge < -0.3 is 10.1 Å². The van der Waals surface area contributed by atoms with Crippen molar-refractivity contribution in [2.45, 2.75) is 23.9 Å². The lowest BCUT2D eigenvalue weighted by molar-refractivity contribution is -0.115. The van der Waals surface area contributed by atoms with Gasteiger partial charge >= 0.3 is 0 Å². The fourth-order valence-electron chi connectivity index (χ4n) is 2.99. The second-order valence-corrected chi connectivity index (χ2v) is 10.2. The Labute approximate surface area is 197 Å². The van der Waals surface area contributed by atoms with Crippen LogP contribution in [0, 0.1) is 0 Å². The number of amides is 1. The van der Waals surface area contributed by atoms with E-state index in [4.69, 9.17) is 4.74 Å². The smallest absolute Gasteiger partial charge is 0.237 e. The van der Waals surface area contributed by atoms with Crippen molar-refractivity contribution in [3.05, 3.63) is 61.2 Å². The Balaban J connectivity index is 1.74. The maximum Gasteiger partial charge on any atom is 0.237 e. The van der Waals surface area contributed by atoms with Gasteiger partial charge in [-0.25, -0.2) is 8.42 Å². The molecule has 3 aromatic rings. The molecule has 0 saturated heterocycles. The number of carbonyl (C=O) groups is 1. The number of nitrogens with one attached hydrogen (secondary N) is 2. The summed E-state index contributed by atoms with van der Waals surface area (Å²) in [7, 11) is -1.77. The summed E-state index contributed by atoms with van der Waals surface area (Å²) in [4.78, 5) is 12.7. The molecular weight excluding hydrogens is 462 g/mol. The zero-order valence-electron chi connectivity index (χ0n) is 18.5. The first-order valence-corrected chi connectivity index (χ1v) is 12.7. The van der Waals surface area contributed by atoms with Crippen molar-refractivity contribution in [1.82, 2.24) is 14.8 Å². The van der Waals surface area contributed by atoms with Crippen molar-refractivity contribution in [2.24, 2.45) is 0 Å². The number of aromatic nitrogens is 3. The number of carbonyl (C=O) groups excluding carboxylic acids is 1. The van der Waals surface area contributed by atoms with Crippen molar-refractivity contribution in [2.75, 3.05) is 23.4 Å². The summed E-state index contributed by atoms with van der Waals surface area (Å²) in [6, 6.07) is 13.9. The molecule has 0 saturated carbocycles. The van der Waals surface area contributed by atoms with Gasteiger partial charge in [0.05, 0.1) is 24.2 Å². The number of allylic oxidation sites excluding steroid dienone is 1. The molecule has 2 N–H and O–H groups in total. The van der Waals surface area contributed by atoms with Crippen LogP contribution in [0.3, 0.4) is 0 Å². The minimum Gasteiger partial charge on any atom is -0.496 e. The van der Waals surface area contributed by atoms with Crippen LogP contribution in [0.1, 0.15) is 6.92 Å². The fraction of sp³-hybridized carbons (Fsp3) is 0.227. The molecule has 9 nitrogen and oxygen atoms in total. The summed E-state index contributed by atoms with van der Waals surface area (Å²) in [6.45, 7) is 6.05. The molecule has 0 aliphatic rings. The third kappa shape index (κ3) is 6.36. The van der Waals surface area contributed by atoms with Crippen molar-refractivity contribution >= 4 is 39.1 Å². The highest BCUT2D eigenvalue weighted by Gasteiger charge is 2.22.